The van der Waals surface area contributed by atoms with E-state index in [-0.39, 0.29) is 17.1 Å². The number of benzene rings is 2. The average molecular weight is 417 g/mol. The van der Waals surface area contributed by atoms with Gasteiger partial charge >= 0.3 is 0 Å². The van der Waals surface area contributed by atoms with Crippen LogP contribution in [0.1, 0.15) is 10.9 Å². The first-order valence-corrected chi connectivity index (χ1v) is 11.1. The molecule has 2 saturated heterocycles. The molecule has 5 nitrogen and oxygen atoms in total. The van der Waals surface area contributed by atoms with Crippen LogP contribution in [0, 0.1) is 5.82 Å². The Bertz CT molecular complexity index is 857. The molecule has 0 unspecified atom stereocenters. The number of nitrogens with zero attached hydrogens (tertiary/aromatic N) is 2. The molecule has 0 aliphatic carbocycles. The Balaban J connectivity index is 1.34. The first-order chi connectivity index (χ1) is 14.2. The third kappa shape index (κ3) is 4.51. The molecule has 1 atom stereocenters. The van der Waals surface area contributed by atoms with Gasteiger partial charge in [0.05, 0.1) is 33.3 Å². The molecule has 0 spiro atoms. The molecule has 1 N–H and O–H groups in total. The molecule has 154 valence electrons. The van der Waals surface area contributed by atoms with E-state index in [0.29, 0.717) is 18.7 Å². The van der Waals surface area contributed by atoms with Crippen LogP contribution in [0.25, 0.3) is 0 Å². The number of piperazine rings is 1. The lowest BCUT2D eigenvalue weighted by Crippen LogP contribution is -3.15. The molecule has 0 radical (unpaired) electrons. The zero-order valence-corrected chi connectivity index (χ0v) is 17.5. The van der Waals surface area contributed by atoms with E-state index >= 15 is 0 Å². The number of methoxy groups -OCH3 is 1. The third-order valence-corrected chi connectivity index (χ3v) is 6.92. The molecule has 0 saturated carbocycles. The van der Waals surface area contributed by atoms with Gasteiger partial charge in [-0.15, -0.1) is 11.8 Å². The maximum atomic E-state index is 14.2. The van der Waals surface area contributed by atoms with Crippen LogP contribution in [0.5, 0.6) is 5.75 Å². The van der Waals surface area contributed by atoms with E-state index in [1.165, 1.54) is 11.0 Å². The van der Waals surface area contributed by atoms with Crippen molar-refractivity contribution in [3.63, 3.8) is 0 Å². The number of amides is 1. The Morgan fingerprint density at radius 2 is 1.97 bits per heavy atom. The topological polar surface area (TPSA) is 37.2 Å². The zero-order chi connectivity index (χ0) is 20.2. The highest BCUT2D eigenvalue weighted by molar-refractivity contribution is 7.99. The summed E-state index contributed by atoms with van der Waals surface area (Å²) in [5, 5.41) is -0.207. The molecule has 2 fully saturated rings. The van der Waals surface area contributed by atoms with Gasteiger partial charge in [-0.3, -0.25) is 4.79 Å². The average Bonchev–Trinajstić information content (AvgIpc) is 3.24. The summed E-state index contributed by atoms with van der Waals surface area (Å²) in [5.74, 6) is 1.60. The van der Waals surface area contributed by atoms with Gasteiger partial charge in [-0.2, -0.15) is 0 Å². The summed E-state index contributed by atoms with van der Waals surface area (Å²) in [5.41, 5.74) is 1.77. The van der Waals surface area contributed by atoms with Gasteiger partial charge < -0.3 is 19.4 Å². The summed E-state index contributed by atoms with van der Waals surface area (Å²) in [6, 6.07) is 14.9. The van der Waals surface area contributed by atoms with Crippen LogP contribution in [0.15, 0.2) is 48.5 Å². The number of quaternary nitrogens is 1. The van der Waals surface area contributed by atoms with E-state index in [4.69, 9.17) is 4.74 Å². The number of nitrogens with one attached hydrogen (secondary N) is 1. The van der Waals surface area contributed by atoms with Crippen molar-refractivity contribution in [1.82, 2.24) is 4.90 Å². The normalized spacial score (nSPS) is 20.1. The SMILES string of the molecule is COc1cccc(N2CC[NH+](CC(=O)N3CCS[C@H]3c3ccccc3F)CC2)c1. The van der Waals surface area contributed by atoms with Crippen LogP contribution < -0.4 is 14.5 Å². The minimum atomic E-state index is -0.232. The van der Waals surface area contributed by atoms with Crippen molar-refractivity contribution >= 4 is 23.4 Å². The number of halogens is 1. The van der Waals surface area contributed by atoms with E-state index in [1.54, 1.807) is 31.0 Å². The van der Waals surface area contributed by atoms with Crippen molar-refractivity contribution in [2.75, 3.05) is 57.0 Å². The van der Waals surface area contributed by atoms with Crippen LogP contribution >= 0.6 is 11.8 Å². The standard InChI is InChI=1S/C22H26FN3O2S/c1-28-18-6-4-5-17(15-18)25-11-9-24(10-12-25)16-21(27)26-13-14-29-22(26)19-7-2-3-8-20(19)23/h2-8,15,22H,9-14,16H2,1H3/p+1/t22-/m0/s1. The van der Waals surface area contributed by atoms with Gasteiger partial charge in [0.15, 0.2) is 6.54 Å². The van der Waals surface area contributed by atoms with Crippen molar-refractivity contribution in [2.45, 2.75) is 5.37 Å². The summed E-state index contributed by atoms with van der Waals surface area (Å²) < 4.78 is 19.5. The number of carbonyl (C=O) groups excluding carboxylic acids is 1. The van der Waals surface area contributed by atoms with Crippen LogP contribution in [0.4, 0.5) is 10.1 Å². The molecule has 1 amide bonds. The fourth-order valence-corrected chi connectivity index (χ4v) is 5.34. The van der Waals surface area contributed by atoms with E-state index in [0.717, 1.165) is 43.4 Å². The Morgan fingerprint density at radius 3 is 2.72 bits per heavy atom. The minimum Gasteiger partial charge on any atom is -0.497 e. The van der Waals surface area contributed by atoms with E-state index < -0.39 is 0 Å². The van der Waals surface area contributed by atoms with Crippen molar-refractivity contribution < 1.29 is 18.8 Å². The summed E-state index contributed by atoms with van der Waals surface area (Å²) in [7, 11) is 1.68. The molecular formula is C22H27FN3O2S+. The van der Waals surface area contributed by atoms with Crippen LogP contribution in [0.3, 0.4) is 0 Å². The van der Waals surface area contributed by atoms with E-state index in [1.807, 2.05) is 23.1 Å². The van der Waals surface area contributed by atoms with Gasteiger partial charge in [0.2, 0.25) is 0 Å². The van der Waals surface area contributed by atoms with Gasteiger partial charge in [0, 0.05) is 29.6 Å². The highest BCUT2D eigenvalue weighted by atomic mass is 32.2. The molecule has 4 rings (SSSR count). The second kappa shape index (κ2) is 9.05. The molecular weight excluding hydrogens is 389 g/mol. The number of anilines is 1. The van der Waals surface area contributed by atoms with Crippen LogP contribution in [0.2, 0.25) is 0 Å². The van der Waals surface area contributed by atoms with E-state index in [2.05, 4.69) is 17.0 Å². The molecule has 2 aliphatic rings. The largest absolute Gasteiger partial charge is 0.497 e. The van der Waals surface area contributed by atoms with Gasteiger partial charge in [0.25, 0.3) is 5.91 Å². The second-order valence-corrected chi connectivity index (χ2v) is 8.64. The van der Waals surface area contributed by atoms with E-state index in [9.17, 15) is 9.18 Å². The number of hydrogen-bond donors (Lipinski definition) is 1. The van der Waals surface area contributed by atoms with Crippen molar-refractivity contribution in [3.05, 3.63) is 59.9 Å². The van der Waals surface area contributed by atoms with Crippen molar-refractivity contribution in [3.8, 4) is 5.75 Å². The quantitative estimate of drug-likeness (QED) is 0.807. The number of ether oxygens (including phenoxy) is 1. The monoisotopic (exact) mass is 416 g/mol. The molecule has 29 heavy (non-hydrogen) atoms. The highest BCUT2D eigenvalue weighted by Gasteiger charge is 2.34. The smallest absolute Gasteiger partial charge is 0.278 e. The first kappa shape index (κ1) is 20.0. The van der Waals surface area contributed by atoms with Crippen molar-refractivity contribution in [1.29, 1.82) is 0 Å². The summed E-state index contributed by atoms with van der Waals surface area (Å²) in [4.78, 5) is 18.5. The molecule has 0 bridgehead atoms. The molecule has 0 aromatic heterocycles. The molecule has 7 heteroatoms. The number of hydrogen-bond acceptors (Lipinski definition) is 4. The molecule has 2 heterocycles. The van der Waals surface area contributed by atoms with Crippen LogP contribution in [-0.2, 0) is 4.79 Å². The fourth-order valence-electron chi connectivity index (χ4n) is 4.04. The lowest BCUT2D eigenvalue weighted by Gasteiger charge is -2.34. The Kier molecular flexibility index (Phi) is 6.25. The first-order valence-electron chi connectivity index (χ1n) is 10.0. The Morgan fingerprint density at radius 1 is 1.17 bits per heavy atom. The molecule has 2 aliphatic heterocycles. The lowest BCUT2D eigenvalue weighted by atomic mass is 10.2. The Hall–Kier alpha value is -2.25. The summed E-state index contributed by atoms with van der Waals surface area (Å²) in [6.07, 6.45) is 0. The Labute approximate surface area is 175 Å². The maximum absolute atomic E-state index is 14.2. The lowest BCUT2D eigenvalue weighted by molar-refractivity contribution is -0.892. The van der Waals surface area contributed by atoms with Gasteiger partial charge in [-0.25, -0.2) is 4.39 Å². The number of rotatable bonds is 5. The fraction of sp³-hybridized carbons (Fsp3) is 0.409. The second-order valence-electron chi connectivity index (χ2n) is 7.45. The highest BCUT2D eigenvalue weighted by Crippen LogP contribution is 2.38. The summed E-state index contributed by atoms with van der Waals surface area (Å²) >= 11 is 1.64. The molecule has 2 aromatic carbocycles. The van der Waals surface area contributed by atoms with Gasteiger partial charge in [0.1, 0.15) is 16.9 Å². The number of thioether (sulfide) groups is 1. The zero-order valence-electron chi connectivity index (χ0n) is 16.6. The molecule has 2 aromatic rings. The van der Waals surface area contributed by atoms with Crippen molar-refractivity contribution in [2.24, 2.45) is 0 Å². The minimum absolute atomic E-state index is 0.119. The maximum Gasteiger partial charge on any atom is 0.278 e. The van der Waals surface area contributed by atoms with Gasteiger partial charge in [-0.05, 0) is 18.2 Å². The predicted octanol–water partition coefficient (Wildman–Crippen LogP) is 1.81. The third-order valence-electron chi connectivity index (χ3n) is 5.67. The number of carbonyl (C=O) groups is 1. The predicted molar refractivity (Wildman–Crippen MR) is 114 cm³/mol. The van der Waals surface area contributed by atoms with Gasteiger partial charge in [-0.1, -0.05) is 24.3 Å². The summed E-state index contributed by atoms with van der Waals surface area (Å²) in [6.45, 7) is 4.79. The van der Waals surface area contributed by atoms with Crippen LogP contribution in [-0.4, -0.2) is 62.9 Å².